The summed E-state index contributed by atoms with van der Waals surface area (Å²) in [5.41, 5.74) is 3.53. The van der Waals surface area contributed by atoms with E-state index in [-0.39, 0.29) is 18.3 Å². The van der Waals surface area contributed by atoms with Crippen molar-refractivity contribution in [2.75, 3.05) is 12.5 Å². The number of Topliss-reactive ketones (excluding diaryl/α,β-unsaturated/α-hetero) is 1. The van der Waals surface area contributed by atoms with Gasteiger partial charge in [0.2, 0.25) is 6.79 Å². The predicted octanol–water partition coefficient (Wildman–Crippen LogP) is 5.60. The summed E-state index contributed by atoms with van der Waals surface area (Å²) in [5.74, 6) is 2.11. The fourth-order valence-electron chi connectivity index (χ4n) is 3.36. The summed E-state index contributed by atoms with van der Waals surface area (Å²) in [6.07, 6.45) is 0. The van der Waals surface area contributed by atoms with Gasteiger partial charge >= 0.3 is 0 Å². The highest BCUT2D eigenvalue weighted by molar-refractivity contribution is 7.99. The van der Waals surface area contributed by atoms with Gasteiger partial charge in [0.25, 0.3) is 0 Å². The highest BCUT2D eigenvalue weighted by Gasteiger charge is 2.20. The Morgan fingerprint density at radius 2 is 1.75 bits per heavy atom. The van der Waals surface area contributed by atoms with Gasteiger partial charge in [-0.25, -0.2) is 0 Å². The predicted molar refractivity (Wildman–Crippen MR) is 124 cm³/mol. The van der Waals surface area contributed by atoms with Gasteiger partial charge in [-0.15, -0.1) is 10.2 Å². The van der Waals surface area contributed by atoms with Gasteiger partial charge in [0.15, 0.2) is 28.3 Å². The maximum atomic E-state index is 12.8. The third kappa shape index (κ3) is 4.09. The molecule has 8 heteroatoms. The van der Waals surface area contributed by atoms with Crippen molar-refractivity contribution in [2.45, 2.75) is 12.1 Å². The highest BCUT2D eigenvalue weighted by atomic mass is 35.5. The van der Waals surface area contributed by atoms with E-state index in [4.69, 9.17) is 21.1 Å². The molecule has 0 saturated carbocycles. The van der Waals surface area contributed by atoms with Crippen LogP contribution in [-0.4, -0.2) is 33.1 Å². The maximum Gasteiger partial charge on any atom is 0.231 e. The molecule has 0 aliphatic carbocycles. The zero-order valence-electron chi connectivity index (χ0n) is 17.1. The molecule has 1 aliphatic rings. The number of thioether (sulfide) groups is 1. The number of aryl methyl sites for hydroxylation is 1. The van der Waals surface area contributed by atoms with Crippen LogP contribution in [0.4, 0.5) is 0 Å². The molecule has 4 aromatic rings. The first-order valence-corrected chi connectivity index (χ1v) is 11.3. The summed E-state index contributed by atoms with van der Waals surface area (Å²) in [7, 11) is 0. The van der Waals surface area contributed by atoms with Crippen LogP contribution in [0.1, 0.15) is 15.9 Å². The smallest absolute Gasteiger partial charge is 0.231 e. The van der Waals surface area contributed by atoms with Crippen LogP contribution in [0.5, 0.6) is 11.5 Å². The van der Waals surface area contributed by atoms with E-state index in [2.05, 4.69) is 10.2 Å². The Balaban J connectivity index is 1.45. The first kappa shape index (κ1) is 20.6. The van der Waals surface area contributed by atoms with Gasteiger partial charge in [0.05, 0.1) is 5.75 Å². The van der Waals surface area contributed by atoms with Gasteiger partial charge in [-0.05, 0) is 61.5 Å². The molecule has 0 spiro atoms. The lowest BCUT2D eigenvalue weighted by Gasteiger charge is -2.11. The summed E-state index contributed by atoms with van der Waals surface area (Å²) in [4.78, 5) is 12.8. The third-order valence-electron chi connectivity index (χ3n) is 5.05. The number of hydrogen-bond donors (Lipinski definition) is 0. The number of benzene rings is 3. The first-order chi connectivity index (χ1) is 15.6. The second-order valence-corrected chi connectivity index (χ2v) is 8.64. The summed E-state index contributed by atoms with van der Waals surface area (Å²) < 4.78 is 12.7. The first-order valence-electron chi connectivity index (χ1n) is 9.92. The molecule has 0 N–H and O–H groups in total. The van der Waals surface area contributed by atoms with Gasteiger partial charge in [-0.1, -0.05) is 41.1 Å². The number of ether oxygens (including phenoxy) is 2. The minimum Gasteiger partial charge on any atom is -0.454 e. The van der Waals surface area contributed by atoms with E-state index < -0.39 is 0 Å². The summed E-state index contributed by atoms with van der Waals surface area (Å²) in [6, 6.07) is 20.8. The zero-order chi connectivity index (χ0) is 22.1. The van der Waals surface area contributed by atoms with Crippen molar-refractivity contribution in [3.63, 3.8) is 0 Å². The van der Waals surface area contributed by atoms with Crippen LogP contribution in [0.2, 0.25) is 5.02 Å². The molecule has 0 amide bonds. The molecular weight excluding hydrogens is 446 g/mol. The van der Waals surface area contributed by atoms with E-state index in [9.17, 15) is 4.79 Å². The minimum absolute atomic E-state index is 0.0280. The van der Waals surface area contributed by atoms with E-state index in [0.29, 0.717) is 33.1 Å². The van der Waals surface area contributed by atoms with Crippen LogP contribution in [0, 0.1) is 6.92 Å². The molecule has 0 radical (unpaired) electrons. The molecule has 0 atom stereocenters. The number of ketones is 1. The van der Waals surface area contributed by atoms with Crippen molar-refractivity contribution in [1.29, 1.82) is 0 Å². The second-order valence-electron chi connectivity index (χ2n) is 7.26. The van der Waals surface area contributed by atoms with Crippen LogP contribution in [-0.2, 0) is 0 Å². The van der Waals surface area contributed by atoms with Crippen LogP contribution in [0.3, 0.4) is 0 Å². The Hall–Kier alpha value is -3.29. The fraction of sp³-hybridized carbons (Fsp3) is 0.125. The van der Waals surface area contributed by atoms with Crippen LogP contribution in [0.15, 0.2) is 71.9 Å². The molecule has 2 heterocycles. The quantitative estimate of drug-likeness (QED) is 0.274. The standard InChI is InChI=1S/C24H18ClN3O3S/c1-15-2-9-19(10-3-15)28-23(16-4-7-18(25)8-5-16)26-27-24(28)32-13-20(29)17-6-11-21-22(12-17)31-14-30-21/h2-12H,13-14H2,1H3. The maximum absolute atomic E-state index is 12.8. The number of aromatic nitrogens is 3. The third-order valence-corrected chi connectivity index (χ3v) is 6.24. The van der Waals surface area contributed by atoms with Gasteiger partial charge in [0.1, 0.15) is 0 Å². The summed E-state index contributed by atoms with van der Waals surface area (Å²) in [6.45, 7) is 2.21. The Morgan fingerprint density at radius 1 is 1.00 bits per heavy atom. The monoisotopic (exact) mass is 463 g/mol. The number of halogens is 1. The van der Waals surface area contributed by atoms with Crippen molar-refractivity contribution in [2.24, 2.45) is 0 Å². The molecule has 0 fully saturated rings. The summed E-state index contributed by atoms with van der Waals surface area (Å²) in [5, 5.41) is 10.1. The lowest BCUT2D eigenvalue weighted by atomic mass is 10.1. The Morgan fingerprint density at radius 3 is 2.53 bits per heavy atom. The van der Waals surface area contributed by atoms with Crippen molar-refractivity contribution < 1.29 is 14.3 Å². The SMILES string of the molecule is Cc1ccc(-n2c(SCC(=O)c3ccc4c(c3)OCO4)nnc2-c2ccc(Cl)cc2)cc1. The molecule has 3 aromatic carbocycles. The van der Waals surface area contributed by atoms with Crippen molar-refractivity contribution in [1.82, 2.24) is 14.8 Å². The topological polar surface area (TPSA) is 66.2 Å². The Kier molecular flexibility index (Phi) is 5.59. The zero-order valence-corrected chi connectivity index (χ0v) is 18.7. The molecule has 0 saturated heterocycles. The van der Waals surface area contributed by atoms with E-state index in [0.717, 1.165) is 16.8 Å². The van der Waals surface area contributed by atoms with Crippen LogP contribution in [0.25, 0.3) is 17.1 Å². The molecule has 0 unspecified atom stereocenters. The molecule has 0 bridgehead atoms. The largest absolute Gasteiger partial charge is 0.454 e. The number of nitrogens with zero attached hydrogens (tertiary/aromatic N) is 3. The molecule has 6 nitrogen and oxygen atoms in total. The normalized spacial score (nSPS) is 12.2. The van der Waals surface area contributed by atoms with Gasteiger partial charge in [-0.3, -0.25) is 9.36 Å². The van der Waals surface area contributed by atoms with E-state index in [1.54, 1.807) is 18.2 Å². The highest BCUT2D eigenvalue weighted by Crippen LogP contribution is 2.33. The molecule has 5 rings (SSSR count). The molecule has 1 aromatic heterocycles. The van der Waals surface area contributed by atoms with Crippen molar-refractivity contribution in [3.05, 3.63) is 82.9 Å². The molecule has 32 heavy (non-hydrogen) atoms. The summed E-state index contributed by atoms with van der Waals surface area (Å²) >= 11 is 7.40. The van der Waals surface area contributed by atoms with Crippen LogP contribution < -0.4 is 9.47 Å². The van der Waals surface area contributed by atoms with Gasteiger partial charge < -0.3 is 9.47 Å². The van der Waals surface area contributed by atoms with Gasteiger partial charge in [0, 0.05) is 21.8 Å². The lowest BCUT2D eigenvalue weighted by molar-refractivity contribution is 0.102. The number of rotatable bonds is 6. The lowest BCUT2D eigenvalue weighted by Crippen LogP contribution is -2.05. The Bertz CT molecular complexity index is 1290. The van der Waals surface area contributed by atoms with Crippen molar-refractivity contribution >= 4 is 29.1 Å². The fourth-order valence-corrected chi connectivity index (χ4v) is 4.33. The van der Waals surface area contributed by atoms with E-state index in [1.165, 1.54) is 11.8 Å². The average Bonchev–Trinajstić information content (AvgIpc) is 3.45. The average molecular weight is 464 g/mol. The Labute approximate surface area is 194 Å². The second kappa shape index (κ2) is 8.68. The van der Waals surface area contributed by atoms with E-state index in [1.807, 2.05) is 60.0 Å². The van der Waals surface area contributed by atoms with E-state index >= 15 is 0 Å². The van der Waals surface area contributed by atoms with Gasteiger partial charge in [-0.2, -0.15) is 0 Å². The molecule has 1 aliphatic heterocycles. The van der Waals surface area contributed by atoms with Crippen molar-refractivity contribution in [3.8, 4) is 28.6 Å². The molecular formula is C24H18ClN3O3S. The number of carbonyl (C=O) groups excluding carboxylic acids is 1. The minimum atomic E-state index is -0.0280. The number of carbonyl (C=O) groups is 1. The molecule has 160 valence electrons. The van der Waals surface area contributed by atoms with Crippen LogP contribution >= 0.6 is 23.4 Å². The number of fused-ring (bicyclic) bond motifs is 1. The number of hydrogen-bond acceptors (Lipinski definition) is 6.